The lowest BCUT2D eigenvalue weighted by Crippen LogP contribution is -2.18. The summed E-state index contributed by atoms with van der Waals surface area (Å²) in [5, 5.41) is 0. The molecule has 31 heavy (non-hydrogen) atoms. The molecule has 0 aromatic heterocycles. The fourth-order valence-electron chi connectivity index (χ4n) is 5.71. The zero-order chi connectivity index (χ0) is 21.6. The Morgan fingerprint density at radius 2 is 1.23 bits per heavy atom. The Morgan fingerprint density at radius 3 is 1.77 bits per heavy atom. The first-order valence-electron chi connectivity index (χ1n) is 12.5. The van der Waals surface area contributed by atoms with Crippen LogP contribution in [0.4, 0.5) is 0 Å². The van der Waals surface area contributed by atoms with Gasteiger partial charge in [0.15, 0.2) is 0 Å². The van der Waals surface area contributed by atoms with E-state index in [1.54, 1.807) is 0 Å². The van der Waals surface area contributed by atoms with Crippen LogP contribution in [0.5, 0.6) is 5.75 Å². The Morgan fingerprint density at radius 1 is 0.710 bits per heavy atom. The second-order valence-corrected chi connectivity index (χ2v) is 9.95. The molecule has 2 nitrogen and oxygen atoms in total. The van der Waals surface area contributed by atoms with Crippen molar-refractivity contribution in [2.75, 3.05) is 7.11 Å². The summed E-state index contributed by atoms with van der Waals surface area (Å²) in [5.74, 6) is 3.17. The van der Waals surface area contributed by atoms with Gasteiger partial charge in [0.1, 0.15) is 5.75 Å². The van der Waals surface area contributed by atoms with Crippen molar-refractivity contribution in [3.8, 4) is 5.75 Å². The van der Waals surface area contributed by atoms with Gasteiger partial charge in [-0.25, -0.2) is 0 Å². The van der Waals surface area contributed by atoms with Crippen molar-refractivity contribution < 1.29 is 9.47 Å². The summed E-state index contributed by atoms with van der Waals surface area (Å²) in [6.07, 6.45) is 11.6. The molecule has 4 rings (SSSR count). The van der Waals surface area contributed by atoms with Crippen molar-refractivity contribution in [1.82, 2.24) is 0 Å². The molecule has 2 fully saturated rings. The minimum atomic E-state index is 0.320. The third-order valence-electron chi connectivity index (χ3n) is 7.84. The number of aryl methyl sites for hydroxylation is 1. The second kappa shape index (κ2) is 10.7. The van der Waals surface area contributed by atoms with Crippen LogP contribution in [0.15, 0.2) is 48.5 Å². The van der Waals surface area contributed by atoms with Crippen LogP contribution in [0.2, 0.25) is 0 Å². The van der Waals surface area contributed by atoms with E-state index in [1.165, 1.54) is 55.2 Å². The van der Waals surface area contributed by atoms with Crippen LogP contribution in [0, 0.1) is 12.8 Å². The number of benzene rings is 2. The first-order chi connectivity index (χ1) is 15.1. The number of rotatable bonds is 6. The third-order valence-corrected chi connectivity index (χ3v) is 7.84. The highest BCUT2D eigenvalue weighted by Crippen LogP contribution is 2.41. The normalized spacial score (nSPS) is 29.3. The predicted octanol–water partition coefficient (Wildman–Crippen LogP) is 7.80. The molecule has 0 bridgehead atoms. The fraction of sp³-hybridized carbons (Fsp3) is 0.586. The van der Waals surface area contributed by atoms with Crippen molar-refractivity contribution in [1.29, 1.82) is 0 Å². The van der Waals surface area contributed by atoms with Crippen LogP contribution in [0.1, 0.15) is 93.2 Å². The Bertz CT molecular complexity index is 786. The molecule has 168 valence electrons. The van der Waals surface area contributed by atoms with Crippen molar-refractivity contribution >= 4 is 0 Å². The average molecular weight is 421 g/mol. The van der Waals surface area contributed by atoms with Gasteiger partial charge in [0.25, 0.3) is 0 Å². The van der Waals surface area contributed by atoms with E-state index < -0.39 is 0 Å². The van der Waals surface area contributed by atoms with Gasteiger partial charge in [0.05, 0.1) is 12.2 Å². The second-order valence-electron chi connectivity index (χ2n) is 9.95. The van der Waals surface area contributed by atoms with Gasteiger partial charge in [-0.05, 0) is 99.3 Å². The maximum absolute atomic E-state index is 6.43. The van der Waals surface area contributed by atoms with E-state index in [-0.39, 0.29) is 0 Å². The summed E-state index contributed by atoms with van der Waals surface area (Å²) in [6, 6.07) is 18.2. The van der Waals surface area contributed by atoms with Crippen LogP contribution in [0.25, 0.3) is 0 Å². The van der Waals surface area contributed by atoms with Gasteiger partial charge >= 0.3 is 0 Å². The molecule has 3 atom stereocenters. The molecule has 0 aliphatic heterocycles. The van der Waals surface area contributed by atoms with E-state index >= 15 is 0 Å². The molecule has 0 spiro atoms. The number of ether oxygens (including phenoxy) is 2. The van der Waals surface area contributed by atoms with Crippen molar-refractivity contribution in [2.45, 2.75) is 95.7 Å². The maximum atomic E-state index is 6.43. The smallest absolute Gasteiger partial charge is 0.119 e. The molecule has 0 N–H and O–H groups in total. The highest BCUT2D eigenvalue weighted by molar-refractivity contribution is 5.31. The van der Waals surface area contributed by atoms with Gasteiger partial charge in [-0.3, -0.25) is 0 Å². The first kappa shape index (κ1) is 22.4. The number of hydrogen-bond acceptors (Lipinski definition) is 2. The molecule has 2 aromatic rings. The van der Waals surface area contributed by atoms with Gasteiger partial charge in [0.2, 0.25) is 0 Å². The first-order valence-corrected chi connectivity index (χ1v) is 12.5. The van der Waals surface area contributed by atoms with Crippen LogP contribution < -0.4 is 4.74 Å². The Kier molecular flexibility index (Phi) is 7.72. The molecule has 2 aliphatic rings. The van der Waals surface area contributed by atoms with Crippen LogP contribution in [-0.2, 0) is 4.74 Å². The van der Waals surface area contributed by atoms with Crippen molar-refractivity contribution in [3.05, 3.63) is 65.2 Å². The van der Waals surface area contributed by atoms with E-state index in [4.69, 9.17) is 9.47 Å². The SMILES string of the molecule is CCC1CC(OC)CCC(Oc2ccc(C3CCC(c4ccc(C)cc4)CC3)cc2)C1. The molecular formula is C29H40O2. The lowest BCUT2D eigenvalue weighted by Gasteiger charge is -2.29. The summed E-state index contributed by atoms with van der Waals surface area (Å²) in [6.45, 7) is 4.46. The van der Waals surface area contributed by atoms with Crippen LogP contribution in [0.3, 0.4) is 0 Å². The molecule has 2 aromatic carbocycles. The van der Waals surface area contributed by atoms with Crippen LogP contribution in [-0.4, -0.2) is 19.3 Å². The van der Waals surface area contributed by atoms with E-state index in [1.807, 2.05) is 7.11 Å². The average Bonchev–Trinajstić information content (AvgIpc) is 3.02. The van der Waals surface area contributed by atoms with Gasteiger partial charge in [-0.1, -0.05) is 55.3 Å². The minimum absolute atomic E-state index is 0.320. The third kappa shape index (κ3) is 5.92. The fourth-order valence-corrected chi connectivity index (χ4v) is 5.71. The van der Waals surface area contributed by atoms with Gasteiger partial charge < -0.3 is 9.47 Å². The monoisotopic (exact) mass is 420 g/mol. The molecule has 0 amide bonds. The molecule has 0 saturated heterocycles. The Hall–Kier alpha value is -1.80. The zero-order valence-electron chi connectivity index (χ0n) is 19.7. The molecular weight excluding hydrogens is 380 g/mol. The molecule has 2 saturated carbocycles. The zero-order valence-corrected chi connectivity index (χ0v) is 19.7. The molecule has 0 radical (unpaired) electrons. The van der Waals surface area contributed by atoms with E-state index in [9.17, 15) is 0 Å². The standard InChI is InChI=1S/C29H40O2/c1-4-22-19-28(30-3)17-18-29(20-22)31-27-15-13-26(14-16-27)25-11-9-24(10-12-25)23-7-5-21(2)6-8-23/h5-8,13-16,22,24-25,28-29H,4,9-12,17-20H2,1-3H3. The maximum Gasteiger partial charge on any atom is 0.119 e. The van der Waals surface area contributed by atoms with Crippen molar-refractivity contribution in [2.24, 2.45) is 5.92 Å². The van der Waals surface area contributed by atoms with Gasteiger partial charge in [-0.2, -0.15) is 0 Å². The summed E-state index contributed by atoms with van der Waals surface area (Å²) in [5.41, 5.74) is 4.37. The summed E-state index contributed by atoms with van der Waals surface area (Å²) >= 11 is 0. The molecule has 2 aliphatic carbocycles. The van der Waals surface area contributed by atoms with Crippen molar-refractivity contribution in [3.63, 3.8) is 0 Å². The van der Waals surface area contributed by atoms with E-state index in [0.29, 0.717) is 24.0 Å². The molecule has 0 heterocycles. The molecule has 3 unspecified atom stereocenters. The topological polar surface area (TPSA) is 18.5 Å². The highest BCUT2D eigenvalue weighted by Gasteiger charge is 2.26. The van der Waals surface area contributed by atoms with Gasteiger partial charge in [-0.15, -0.1) is 0 Å². The Labute approximate surface area is 189 Å². The Balaban J connectivity index is 1.31. The largest absolute Gasteiger partial charge is 0.490 e. The summed E-state index contributed by atoms with van der Waals surface area (Å²) in [7, 11) is 1.85. The molecule has 2 heteroatoms. The van der Waals surface area contributed by atoms with Crippen LogP contribution >= 0.6 is 0 Å². The summed E-state index contributed by atoms with van der Waals surface area (Å²) < 4.78 is 12.1. The van der Waals surface area contributed by atoms with E-state index in [2.05, 4.69) is 62.4 Å². The quantitative estimate of drug-likeness (QED) is 0.444. The van der Waals surface area contributed by atoms with Gasteiger partial charge in [0, 0.05) is 7.11 Å². The summed E-state index contributed by atoms with van der Waals surface area (Å²) in [4.78, 5) is 0. The predicted molar refractivity (Wildman–Crippen MR) is 129 cm³/mol. The lowest BCUT2D eigenvalue weighted by atomic mass is 9.76. The number of methoxy groups -OCH3 is 1. The number of hydrogen-bond donors (Lipinski definition) is 0. The lowest BCUT2D eigenvalue weighted by molar-refractivity contribution is 0.0778. The highest BCUT2D eigenvalue weighted by atomic mass is 16.5. The minimum Gasteiger partial charge on any atom is -0.490 e. The van der Waals surface area contributed by atoms with E-state index in [0.717, 1.165) is 30.9 Å².